The van der Waals surface area contributed by atoms with Gasteiger partial charge in [0.2, 0.25) is 5.91 Å². The molecule has 22 heavy (non-hydrogen) atoms. The summed E-state index contributed by atoms with van der Waals surface area (Å²) in [5.41, 5.74) is 2.15. The van der Waals surface area contributed by atoms with Gasteiger partial charge in [0.1, 0.15) is 6.04 Å². The van der Waals surface area contributed by atoms with E-state index in [9.17, 15) is 9.59 Å². The van der Waals surface area contributed by atoms with E-state index in [1.807, 2.05) is 26.0 Å². The fraction of sp³-hybridized carbons (Fsp3) is 0.529. The fourth-order valence-corrected chi connectivity index (χ4v) is 3.17. The minimum Gasteiger partial charge on any atom is -0.372 e. The molecule has 1 aromatic rings. The predicted octanol–water partition coefficient (Wildman–Crippen LogP) is 2.75. The first-order valence-corrected chi connectivity index (χ1v) is 8.07. The third-order valence-electron chi connectivity index (χ3n) is 4.49. The van der Waals surface area contributed by atoms with Gasteiger partial charge in [-0.25, -0.2) is 0 Å². The molecule has 0 bridgehead atoms. The Morgan fingerprint density at radius 2 is 1.95 bits per heavy atom. The number of carbonyl (C=O) groups excluding carboxylic acids is 2. The lowest BCUT2D eigenvalue weighted by atomic mass is 9.99. The number of fused-ring (bicyclic) bond motifs is 1. The van der Waals surface area contributed by atoms with E-state index in [-0.39, 0.29) is 23.8 Å². The van der Waals surface area contributed by atoms with Crippen LogP contribution in [-0.4, -0.2) is 23.9 Å². The Bertz CT molecular complexity index is 592. The molecule has 1 saturated carbocycles. The standard InChI is InChI=1S/C17H23N3O2/c1-10(2)15-17(22)20-14-9-11(7-8-13(14)19-15)16(21)18-12-5-3-4-6-12/h7-10,12,15,19H,3-6H2,1-2H3,(H,18,21)(H,20,22). The first-order valence-electron chi connectivity index (χ1n) is 8.07. The van der Waals surface area contributed by atoms with Crippen LogP contribution < -0.4 is 16.0 Å². The number of hydrogen-bond acceptors (Lipinski definition) is 3. The second-order valence-electron chi connectivity index (χ2n) is 6.57. The van der Waals surface area contributed by atoms with Gasteiger partial charge in [-0.05, 0) is 37.0 Å². The maximum absolute atomic E-state index is 12.3. The Morgan fingerprint density at radius 3 is 2.64 bits per heavy atom. The summed E-state index contributed by atoms with van der Waals surface area (Å²) in [6.45, 7) is 4.01. The molecule has 2 aliphatic rings. The zero-order valence-electron chi connectivity index (χ0n) is 13.1. The molecule has 0 spiro atoms. The molecule has 0 saturated heterocycles. The average Bonchev–Trinajstić information content (AvgIpc) is 2.98. The molecule has 5 heteroatoms. The van der Waals surface area contributed by atoms with Crippen molar-refractivity contribution in [3.8, 4) is 0 Å². The third-order valence-corrected chi connectivity index (χ3v) is 4.49. The summed E-state index contributed by atoms with van der Waals surface area (Å²) in [6, 6.07) is 5.49. The second-order valence-corrected chi connectivity index (χ2v) is 6.57. The van der Waals surface area contributed by atoms with E-state index >= 15 is 0 Å². The Labute approximate surface area is 130 Å². The second kappa shape index (κ2) is 5.99. The molecule has 1 heterocycles. The van der Waals surface area contributed by atoms with Gasteiger partial charge >= 0.3 is 0 Å². The number of hydrogen-bond donors (Lipinski definition) is 3. The molecule has 1 atom stereocenters. The van der Waals surface area contributed by atoms with Crippen LogP contribution in [0.1, 0.15) is 49.9 Å². The van der Waals surface area contributed by atoms with E-state index in [4.69, 9.17) is 0 Å². The summed E-state index contributed by atoms with van der Waals surface area (Å²) in [4.78, 5) is 24.4. The molecule has 1 fully saturated rings. The molecule has 2 amide bonds. The zero-order chi connectivity index (χ0) is 15.7. The van der Waals surface area contributed by atoms with Gasteiger partial charge in [0, 0.05) is 11.6 Å². The van der Waals surface area contributed by atoms with Crippen LogP contribution in [0.25, 0.3) is 0 Å². The van der Waals surface area contributed by atoms with Gasteiger partial charge < -0.3 is 16.0 Å². The van der Waals surface area contributed by atoms with Crippen LogP contribution in [0.4, 0.5) is 11.4 Å². The normalized spacial score (nSPS) is 21.2. The Balaban J connectivity index is 1.75. The first kappa shape index (κ1) is 14.9. The lowest BCUT2D eigenvalue weighted by molar-refractivity contribution is -0.117. The highest BCUT2D eigenvalue weighted by Crippen LogP contribution is 2.29. The van der Waals surface area contributed by atoms with Crippen molar-refractivity contribution in [2.24, 2.45) is 5.92 Å². The molecule has 1 unspecified atom stereocenters. The van der Waals surface area contributed by atoms with Crippen LogP contribution >= 0.6 is 0 Å². The SMILES string of the molecule is CC(C)C1Nc2ccc(C(=O)NC3CCCC3)cc2NC1=O. The van der Waals surface area contributed by atoms with Gasteiger partial charge in [0.15, 0.2) is 0 Å². The van der Waals surface area contributed by atoms with E-state index in [0.29, 0.717) is 17.3 Å². The van der Waals surface area contributed by atoms with Crippen molar-refractivity contribution in [3.63, 3.8) is 0 Å². The van der Waals surface area contributed by atoms with Crippen LogP contribution in [0.5, 0.6) is 0 Å². The van der Waals surface area contributed by atoms with Gasteiger partial charge in [-0.1, -0.05) is 26.7 Å². The molecule has 3 rings (SSSR count). The Kier molecular flexibility index (Phi) is 4.05. The smallest absolute Gasteiger partial charge is 0.251 e. The van der Waals surface area contributed by atoms with Gasteiger partial charge in [-0.15, -0.1) is 0 Å². The number of amides is 2. The highest BCUT2D eigenvalue weighted by Gasteiger charge is 2.28. The largest absolute Gasteiger partial charge is 0.372 e. The van der Waals surface area contributed by atoms with Crippen LogP contribution in [-0.2, 0) is 4.79 Å². The maximum atomic E-state index is 12.3. The van der Waals surface area contributed by atoms with Crippen molar-refractivity contribution >= 4 is 23.2 Å². The Hall–Kier alpha value is -2.04. The lowest BCUT2D eigenvalue weighted by Crippen LogP contribution is -2.42. The summed E-state index contributed by atoms with van der Waals surface area (Å²) in [5.74, 6) is 0.101. The molecule has 1 aliphatic carbocycles. The van der Waals surface area contributed by atoms with Crippen LogP contribution in [0.2, 0.25) is 0 Å². The molecule has 118 valence electrons. The fourth-order valence-electron chi connectivity index (χ4n) is 3.17. The van der Waals surface area contributed by atoms with E-state index < -0.39 is 0 Å². The molecular formula is C17H23N3O2. The van der Waals surface area contributed by atoms with Crippen LogP contribution in [0.3, 0.4) is 0 Å². The van der Waals surface area contributed by atoms with Crippen molar-refractivity contribution in [1.29, 1.82) is 0 Å². The van der Waals surface area contributed by atoms with E-state index in [2.05, 4.69) is 16.0 Å². The van der Waals surface area contributed by atoms with Gasteiger partial charge in [0.05, 0.1) is 11.4 Å². The topological polar surface area (TPSA) is 70.2 Å². The summed E-state index contributed by atoms with van der Waals surface area (Å²) in [5, 5.41) is 9.21. The van der Waals surface area contributed by atoms with Gasteiger partial charge in [0.25, 0.3) is 5.91 Å². The summed E-state index contributed by atoms with van der Waals surface area (Å²) < 4.78 is 0. The minimum atomic E-state index is -0.231. The molecular weight excluding hydrogens is 278 g/mol. The maximum Gasteiger partial charge on any atom is 0.251 e. The number of anilines is 2. The highest BCUT2D eigenvalue weighted by molar-refractivity contribution is 6.05. The quantitative estimate of drug-likeness (QED) is 0.804. The third kappa shape index (κ3) is 2.93. The summed E-state index contributed by atoms with van der Waals surface area (Å²) in [6.07, 6.45) is 4.49. The van der Waals surface area contributed by atoms with Crippen molar-refractivity contribution in [2.75, 3.05) is 10.6 Å². The molecule has 0 aromatic heterocycles. The van der Waals surface area contributed by atoms with Gasteiger partial charge in [-0.2, -0.15) is 0 Å². The number of carbonyl (C=O) groups is 2. The van der Waals surface area contributed by atoms with Crippen LogP contribution in [0, 0.1) is 5.92 Å². The predicted molar refractivity (Wildman–Crippen MR) is 87.0 cm³/mol. The number of nitrogens with one attached hydrogen (secondary N) is 3. The first-order chi connectivity index (χ1) is 10.5. The summed E-state index contributed by atoms with van der Waals surface area (Å²) >= 11 is 0. The van der Waals surface area contributed by atoms with Gasteiger partial charge in [-0.3, -0.25) is 9.59 Å². The van der Waals surface area contributed by atoms with E-state index in [0.717, 1.165) is 18.5 Å². The molecule has 5 nitrogen and oxygen atoms in total. The number of benzene rings is 1. The van der Waals surface area contributed by atoms with E-state index in [1.54, 1.807) is 6.07 Å². The minimum absolute atomic E-state index is 0.0455. The Morgan fingerprint density at radius 1 is 1.23 bits per heavy atom. The molecule has 1 aliphatic heterocycles. The molecule has 0 radical (unpaired) electrons. The van der Waals surface area contributed by atoms with E-state index in [1.165, 1.54) is 12.8 Å². The monoisotopic (exact) mass is 301 g/mol. The average molecular weight is 301 g/mol. The van der Waals surface area contributed by atoms with Crippen LogP contribution in [0.15, 0.2) is 18.2 Å². The van der Waals surface area contributed by atoms with Crippen molar-refractivity contribution < 1.29 is 9.59 Å². The lowest BCUT2D eigenvalue weighted by Gasteiger charge is -2.29. The summed E-state index contributed by atoms with van der Waals surface area (Å²) in [7, 11) is 0. The zero-order valence-corrected chi connectivity index (χ0v) is 13.1. The van der Waals surface area contributed by atoms with Crippen molar-refractivity contribution in [1.82, 2.24) is 5.32 Å². The molecule has 1 aromatic carbocycles. The van der Waals surface area contributed by atoms with Crippen molar-refractivity contribution in [2.45, 2.75) is 51.6 Å². The highest BCUT2D eigenvalue weighted by atomic mass is 16.2. The molecule has 3 N–H and O–H groups in total. The van der Waals surface area contributed by atoms with Crippen molar-refractivity contribution in [3.05, 3.63) is 23.8 Å². The number of rotatable bonds is 3.